The van der Waals surface area contributed by atoms with Crippen molar-refractivity contribution in [2.24, 2.45) is 0 Å². The minimum Gasteiger partial charge on any atom is -0.481 e. The largest absolute Gasteiger partial charge is 0.481 e. The van der Waals surface area contributed by atoms with Gasteiger partial charge in [-0.3, -0.25) is 14.6 Å². The maximum atomic E-state index is 13.4. The molecule has 0 atom stereocenters. The number of hydrogen-bond acceptors (Lipinski definition) is 4. The number of aliphatic carboxylic acids is 1. The fourth-order valence-electron chi connectivity index (χ4n) is 4.17. The topological polar surface area (TPSA) is 70.5 Å². The highest BCUT2D eigenvalue weighted by atomic mass is 32.2. The highest BCUT2D eigenvalue weighted by Gasteiger charge is 2.23. The minimum absolute atomic E-state index is 0.0177. The fourth-order valence-corrected chi connectivity index (χ4v) is 5.16. The summed E-state index contributed by atoms with van der Waals surface area (Å²) in [5.74, 6) is -0.859. The molecule has 0 bridgehead atoms. The first kappa shape index (κ1) is 21.4. The van der Waals surface area contributed by atoms with Crippen molar-refractivity contribution in [1.29, 1.82) is 0 Å². The fraction of sp³-hybridized carbons (Fsp3) is 0.320. The Morgan fingerprint density at radius 1 is 1.16 bits per heavy atom. The van der Waals surface area contributed by atoms with Gasteiger partial charge in [0.2, 0.25) is 0 Å². The summed E-state index contributed by atoms with van der Waals surface area (Å²) in [6, 6.07) is 13.6. The number of thioether (sulfide) groups is 1. The number of anilines is 1. The third kappa shape index (κ3) is 4.44. The molecule has 31 heavy (non-hydrogen) atoms. The SMILES string of the molecule is CCCN(C(=O)c1ccc2c(SCC(=O)O)c3c(nc2c1)CCC3)c1cccc(C)c1. The summed E-state index contributed by atoms with van der Waals surface area (Å²) in [5, 5.41) is 10.1. The number of rotatable bonds is 7. The van der Waals surface area contributed by atoms with Gasteiger partial charge < -0.3 is 10.0 Å². The van der Waals surface area contributed by atoms with Crippen LogP contribution in [-0.2, 0) is 17.6 Å². The predicted octanol–water partition coefficient (Wildman–Crippen LogP) is 5.27. The van der Waals surface area contributed by atoms with E-state index in [1.807, 2.05) is 54.3 Å². The Bertz CT molecular complexity index is 1160. The number of carbonyl (C=O) groups excluding carboxylic acids is 1. The predicted molar refractivity (Wildman–Crippen MR) is 125 cm³/mol. The standard InChI is InChI=1S/C25H26N2O3S/c1-3-12-27(18-7-4-6-16(2)13-18)25(30)17-10-11-20-22(14-17)26-21-9-5-8-19(21)24(20)31-15-23(28)29/h4,6-7,10-11,13-14H,3,5,8-9,12,15H2,1-2H3,(H,28,29). The van der Waals surface area contributed by atoms with Crippen LogP contribution in [0.1, 0.15) is 46.9 Å². The number of hydrogen-bond donors (Lipinski definition) is 1. The molecule has 3 aromatic rings. The molecule has 0 spiro atoms. The van der Waals surface area contributed by atoms with Gasteiger partial charge in [0.1, 0.15) is 0 Å². The van der Waals surface area contributed by atoms with E-state index in [9.17, 15) is 9.59 Å². The molecule has 1 aliphatic rings. The molecule has 0 aliphatic heterocycles. The molecular weight excluding hydrogens is 408 g/mol. The maximum absolute atomic E-state index is 13.4. The molecule has 4 rings (SSSR count). The van der Waals surface area contributed by atoms with Gasteiger partial charge in [0.25, 0.3) is 5.91 Å². The van der Waals surface area contributed by atoms with E-state index in [0.717, 1.165) is 58.4 Å². The number of carbonyl (C=O) groups is 2. The van der Waals surface area contributed by atoms with Crippen LogP contribution in [0.5, 0.6) is 0 Å². The van der Waals surface area contributed by atoms with Crippen molar-refractivity contribution < 1.29 is 14.7 Å². The van der Waals surface area contributed by atoms with Crippen LogP contribution in [-0.4, -0.2) is 34.3 Å². The van der Waals surface area contributed by atoms with Gasteiger partial charge in [-0.05, 0) is 68.0 Å². The lowest BCUT2D eigenvalue weighted by Gasteiger charge is -2.23. The van der Waals surface area contributed by atoms with Crippen LogP contribution in [0, 0.1) is 6.92 Å². The molecule has 0 unspecified atom stereocenters. The summed E-state index contributed by atoms with van der Waals surface area (Å²) in [6.45, 7) is 4.72. The van der Waals surface area contributed by atoms with E-state index >= 15 is 0 Å². The second-order valence-electron chi connectivity index (χ2n) is 7.93. The highest BCUT2D eigenvalue weighted by molar-refractivity contribution is 8.00. The lowest BCUT2D eigenvalue weighted by Crippen LogP contribution is -2.31. The molecule has 1 N–H and O–H groups in total. The van der Waals surface area contributed by atoms with E-state index in [1.54, 1.807) is 0 Å². The van der Waals surface area contributed by atoms with Gasteiger partial charge in [-0.1, -0.05) is 25.1 Å². The Morgan fingerprint density at radius 2 is 2.00 bits per heavy atom. The smallest absolute Gasteiger partial charge is 0.313 e. The number of amides is 1. The van der Waals surface area contributed by atoms with Crippen molar-refractivity contribution in [2.45, 2.75) is 44.4 Å². The van der Waals surface area contributed by atoms with Crippen LogP contribution in [0.25, 0.3) is 10.9 Å². The second kappa shape index (κ2) is 9.10. The first-order valence-electron chi connectivity index (χ1n) is 10.7. The van der Waals surface area contributed by atoms with Crippen molar-refractivity contribution in [1.82, 2.24) is 4.98 Å². The summed E-state index contributed by atoms with van der Waals surface area (Å²) < 4.78 is 0. The third-order valence-electron chi connectivity index (χ3n) is 5.55. The van der Waals surface area contributed by atoms with Crippen LogP contribution in [0.15, 0.2) is 47.4 Å². The summed E-state index contributed by atoms with van der Waals surface area (Å²) in [6.07, 6.45) is 3.71. The average molecular weight is 435 g/mol. The molecule has 5 nitrogen and oxygen atoms in total. The number of pyridine rings is 1. The number of fused-ring (bicyclic) bond motifs is 2. The molecule has 1 aliphatic carbocycles. The van der Waals surface area contributed by atoms with Gasteiger partial charge in [0.15, 0.2) is 0 Å². The van der Waals surface area contributed by atoms with Crippen molar-refractivity contribution in [2.75, 3.05) is 17.2 Å². The Hall–Kier alpha value is -2.86. The first-order chi connectivity index (χ1) is 15.0. The minimum atomic E-state index is -0.832. The van der Waals surface area contributed by atoms with E-state index in [2.05, 4.69) is 6.92 Å². The van der Waals surface area contributed by atoms with Crippen LogP contribution in [0.3, 0.4) is 0 Å². The lowest BCUT2D eigenvalue weighted by atomic mass is 10.1. The van der Waals surface area contributed by atoms with E-state index in [4.69, 9.17) is 10.1 Å². The normalized spacial score (nSPS) is 12.7. The van der Waals surface area contributed by atoms with Crippen LogP contribution < -0.4 is 4.90 Å². The van der Waals surface area contributed by atoms with Gasteiger partial charge in [0.05, 0.1) is 11.3 Å². The second-order valence-corrected chi connectivity index (χ2v) is 8.92. The summed E-state index contributed by atoms with van der Waals surface area (Å²) >= 11 is 1.36. The molecule has 1 heterocycles. The van der Waals surface area contributed by atoms with Gasteiger partial charge >= 0.3 is 5.97 Å². The summed E-state index contributed by atoms with van der Waals surface area (Å²) in [4.78, 5) is 32.3. The monoisotopic (exact) mass is 434 g/mol. The average Bonchev–Trinajstić information content (AvgIpc) is 3.22. The number of carboxylic acid groups (broad SMARTS) is 1. The molecule has 2 aromatic carbocycles. The Balaban J connectivity index is 1.75. The zero-order valence-corrected chi connectivity index (χ0v) is 18.7. The van der Waals surface area contributed by atoms with E-state index < -0.39 is 5.97 Å². The highest BCUT2D eigenvalue weighted by Crippen LogP contribution is 2.37. The molecule has 6 heteroatoms. The van der Waals surface area contributed by atoms with Gasteiger partial charge in [0, 0.05) is 33.8 Å². The van der Waals surface area contributed by atoms with Crippen molar-refractivity contribution in [3.8, 4) is 0 Å². The Labute approximate surface area is 186 Å². The first-order valence-corrected chi connectivity index (χ1v) is 11.6. The molecule has 0 radical (unpaired) electrons. The summed E-state index contributed by atoms with van der Waals surface area (Å²) in [5.41, 5.74) is 5.58. The quantitative estimate of drug-likeness (QED) is 0.513. The molecule has 160 valence electrons. The van der Waals surface area contributed by atoms with Crippen molar-refractivity contribution in [3.63, 3.8) is 0 Å². The maximum Gasteiger partial charge on any atom is 0.313 e. The molecule has 0 saturated heterocycles. The lowest BCUT2D eigenvalue weighted by molar-refractivity contribution is -0.133. The van der Waals surface area contributed by atoms with Gasteiger partial charge in [-0.2, -0.15) is 0 Å². The van der Waals surface area contributed by atoms with Crippen LogP contribution >= 0.6 is 11.8 Å². The molecule has 0 saturated carbocycles. The zero-order valence-electron chi connectivity index (χ0n) is 17.9. The zero-order chi connectivity index (χ0) is 22.0. The van der Waals surface area contributed by atoms with Gasteiger partial charge in [-0.25, -0.2) is 0 Å². The number of aromatic nitrogens is 1. The van der Waals surface area contributed by atoms with Crippen molar-refractivity contribution in [3.05, 3.63) is 64.8 Å². The molecule has 1 aromatic heterocycles. The Morgan fingerprint density at radius 3 is 2.74 bits per heavy atom. The molecule has 0 fully saturated rings. The van der Waals surface area contributed by atoms with Crippen LogP contribution in [0.4, 0.5) is 5.69 Å². The Kier molecular flexibility index (Phi) is 6.28. The summed E-state index contributed by atoms with van der Waals surface area (Å²) in [7, 11) is 0. The van der Waals surface area contributed by atoms with E-state index in [1.165, 1.54) is 17.3 Å². The van der Waals surface area contributed by atoms with Crippen LogP contribution in [0.2, 0.25) is 0 Å². The third-order valence-corrected chi connectivity index (χ3v) is 6.70. The number of carboxylic acids is 1. The van der Waals surface area contributed by atoms with Crippen molar-refractivity contribution >= 4 is 40.2 Å². The number of nitrogens with zero attached hydrogens (tertiary/aromatic N) is 2. The number of aryl methyl sites for hydroxylation is 2. The van der Waals surface area contributed by atoms with Gasteiger partial charge in [-0.15, -0.1) is 11.8 Å². The van der Waals surface area contributed by atoms with E-state index in [-0.39, 0.29) is 11.7 Å². The molecule has 1 amide bonds. The van der Waals surface area contributed by atoms with E-state index in [0.29, 0.717) is 12.1 Å². The molecular formula is C25H26N2O3S. The number of benzene rings is 2.